The molecule has 3 aromatic heterocycles. The Morgan fingerprint density at radius 2 is 1.87 bits per heavy atom. The third-order valence-corrected chi connectivity index (χ3v) is 12.0. The van der Waals surface area contributed by atoms with E-state index in [1.807, 2.05) is 20.8 Å². The maximum absolute atomic E-state index is 14.0. The van der Waals surface area contributed by atoms with Gasteiger partial charge in [0.25, 0.3) is 0 Å². The molecule has 6 rings (SSSR count). The first kappa shape index (κ1) is 39.4. The minimum Gasteiger partial charge on any atom is -0.463 e. The van der Waals surface area contributed by atoms with Crippen LogP contribution in [0.4, 0.5) is 10.6 Å². The van der Waals surface area contributed by atoms with Gasteiger partial charge in [0.2, 0.25) is 10.6 Å². The number of carbonyl (C=O) groups excluding carboxylic acids is 2. The van der Waals surface area contributed by atoms with E-state index in [1.54, 1.807) is 31.9 Å². The quantitative estimate of drug-likeness (QED) is 0.137. The number of aromatic amines is 1. The third kappa shape index (κ3) is 8.22. The van der Waals surface area contributed by atoms with Crippen LogP contribution in [0.5, 0.6) is 0 Å². The second-order valence-corrected chi connectivity index (χ2v) is 19.2. The van der Waals surface area contributed by atoms with Crippen molar-refractivity contribution in [3.05, 3.63) is 17.3 Å². The lowest BCUT2D eigenvalue weighted by atomic mass is 10.1. The largest absolute Gasteiger partial charge is 0.463 e. The van der Waals surface area contributed by atoms with E-state index in [0.29, 0.717) is 29.7 Å². The molecule has 5 atom stereocenters. The molecule has 3 aromatic rings. The predicted molar refractivity (Wildman–Crippen MR) is 191 cm³/mol. The molecule has 1 amide bonds. The summed E-state index contributed by atoms with van der Waals surface area (Å²) in [5, 5.41) is 17.2. The van der Waals surface area contributed by atoms with Crippen molar-refractivity contribution in [3.63, 3.8) is 0 Å². The van der Waals surface area contributed by atoms with Crippen molar-refractivity contribution in [2.45, 2.75) is 134 Å². The maximum Gasteiger partial charge on any atom is 0.416 e. The van der Waals surface area contributed by atoms with Gasteiger partial charge in [0, 0.05) is 12.5 Å². The predicted octanol–water partition coefficient (Wildman–Crippen LogP) is 5.02. The zero-order chi connectivity index (χ0) is 38.3. The number of esters is 1. The Labute approximate surface area is 312 Å². The molecule has 0 radical (unpaired) electrons. The van der Waals surface area contributed by atoms with Gasteiger partial charge in [-0.3, -0.25) is 4.90 Å². The lowest BCUT2D eigenvalue weighted by Crippen LogP contribution is -2.46. The van der Waals surface area contributed by atoms with E-state index in [2.05, 4.69) is 35.7 Å². The number of hydrogen-bond acceptors (Lipinski definition) is 15. The first-order chi connectivity index (χ1) is 24.9. The highest BCUT2D eigenvalue weighted by Gasteiger charge is 2.58. The molecule has 2 saturated heterocycles. The average molecular weight is 782 g/mol. The van der Waals surface area contributed by atoms with E-state index < -0.39 is 60.5 Å². The minimum absolute atomic E-state index is 0.0644. The van der Waals surface area contributed by atoms with Crippen LogP contribution in [0, 0.1) is 0 Å². The molecule has 1 saturated carbocycles. The van der Waals surface area contributed by atoms with Crippen molar-refractivity contribution < 1.29 is 42.6 Å². The molecule has 53 heavy (non-hydrogen) atoms. The summed E-state index contributed by atoms with van der Waals surface area (Å²) in [6, 6.07) is -0.150. The van der Waals surface area contributed by atoms with Crippen LogP contribution >= 0.6 is 18.7 Å². The Morgan fingerprint density at radius 1 is 1.15 bits per heavy atom. The van der Waals surface area contributed by atoms with Crippen LogP contribution < -0.4 is 4.90 Å². The average Bonchev–Trinajstić information content (AvgIpc) is 3.88. The van der Waals surface area contributed by atoms with Gasteiger partial charge >= 0.3 is 12.1 Å². The highest BCUT2D eigenvalue weighted by Crippen LogP contribution is 2.56. The van der Waals surface area contributed by atoms with Crippen LogP contribution in [0.15, 0.2) is 6.20 Å². The molecule has 1 unspecified atom stereocenters. The summed E-state index contributed by atoms with van der Waals surface area (Å²) >= 11 is 6.56. The van der Waals surface area contributed by atoms with Gasteiger partial charge in [-0.15, -0.1) is 10.2 Å². The van der Waals surface area contributed by atoms with Crippen LogP contribution in [-0.2, 0) is 44.2 Å². The molecular weight excluding hydrogens is 733 g/mol. The number of halogens is 1. The minimum atomic E-state index is -3.34. The number of aromatic nitrogens is 8. The third-order valence-electron chi connectivity index (χ3n) is 9.54. The van der Waals surface area contributed by atoms with Gasteiger partial charge in [-0.05, 0) is 92.2 Å². The number of fused-ring (bicyclic) bond motifs is 2. The number of tetrazole rings is 1. The van der Waals surface area contributed by atoms with E-state index >= 15 is 0 Å². The zero-order valence-electron chi connectivity index (χ0n) is 31.4. The van der Waals surface area contributed by atoms with E-state index in [0.717, 1.165) is 25.7 Å². The first-order valence-corrected chi connectivity index (χ1v) is 20.9. The Bertz CT molecular complexity index is 1830. The Kier molecular flexibility index (Phi) is 11.2. The number of ether oxygens (including phenoxy) is 6. The topological polar surface area (TPSA) is 208 Å². The SMILES string of the molecule is CCOC(=O)C(CCCc1nn[nH]n1)(OC[C@H]1O[C@@H](n2ncc3c(N(C(=O)OC(C)(C)C)C4CCCC4)nc(Cl)nc32)[C@@H]2OC(C)(C)O[C@@H]21)P(C)(C)=O. The van der Waals surface area contributed by atoms with Crippen molar-refractivity contribution in [2.75, 3.05) is 31.4 Å². The molecule has 20 heteroatoms. The molecule has 0 aromatic carbocycles. The number of H-pyrrole nitrogens is 1. The number of nitrogens with zero attached hydrogens (tertiary/aromatic N) is 8. The highest BCUT2D eigenvalue weighted by molar-refractivity contribution is 7.64. The van der Waals surface area contributed by atoms with E-state index in [1.165, 1.54) is 18.0 Å². The van der Waals surface area contributed by atoms with Gasteiger partial charge in [0.05, 0.1) is 24.8 Å². The van der Waals surface area contributed by atoms with Crippen molar-refractivity contribution in [1.29, 1.82) is 0 Å². The maximum atomic E-state index is 14.0. The summed E-state index contributed by atoms with van der Waals surface area (Å²) in [6.07, 6.45) is 2.19. The summed E-state index contributed by atoms with van der Waals surface area (Å²) < 4.78 is 52.5. The Balaban J connectivity index is 1.32. The number of nitrogens with one attached hydrogen (secondary N) is 1. The number of aryl methyl sites for hydroxylation is 1. The van der Waals surface area contributed by atoms with E-state index in [9.17, 15) is 14.2 Å². The molecular formula is C33H49ClN9O9P. The van der Waals surface area contributed by atoms with Crippen molar-refractivity contribution >= 4 is 47.7 Å². The molecule has 292 valence electrons. The molecule has 1 N–H and O–H groups in total. The van der Waals surface area contributed by atoms with Gasteiger partial charge in [0.15, 0.2) is 29.3 Å². The molecule has 5 heterocycles. The summed E-state index contributed by atoms with van der Waals surface area (Å²) in [6.45, 7) is 13.5. The van der Waals surface area contributed by atoms with Crippen LogP contribution in [-0.4, -0.2) is 120 Å². The van der Waals surface area contributed by atoms with Gasteiger partial charge in [0.1, 0.15) is 31.1 Å². The molecule has 3 aliphatic rings. The van der Waals surface area contributed by atoms with Gasteiger partial charge in [-0.1, -0.05) is 18.1 Å². The lowest BCUT2D eigenvalue weighted by Gasteiger charge is -2.36. The number of anilines is 1. The Morgan fingerprint density at radius 3 is 2.51 bits per heavy atom. The van der Waals surface area contributed by atoms with E-state index in [-0.39, 0.29) is 36.8 Å². The second kappa shape index (κ2) is 15.1. The second-order valence-electron chi connectivity index (χ2n) is 15.4. The molecule has 2 aliphatic heterocycles. The summed E-state index contributed by atoms with van der Waals surface area (Å²) in [7, 11) is -3.34. The molecule has 0 spiro atoms. The summed E-state index contributed by atoms with van der Waals surface area (Å²) in [5.41, 5.74) is -0.438. The number of amides is 1. The van der Waals surface area contributed by atoms with Gasteiger partial charge < -0.3 is 33.0 Å². The monoisotopic (exact) mass is 781 g/mol. The molecule has 1 aliphatic carbocycles. The summed E-state index contributed by atoms with van der Waals surface area (Å²) in [4.78, 5) is 37.9. The van der Waals surface area contributed by atoms with Crippen molar-refractivity contribution in [1.82, 2.24) is 40.4 Å². The van der Waals surface area contributed by atoms with Crippen LogP contribution in [0.2, 0.25) is 5.28 Å². The lowest BCUT2D eigenvalue weighted by molar-refractivity contribution is -0.207. The van der Waals surface area contributed by atoms with Gasteiger partial charge in [-0.25, -0.2) is 14.3 Å². The van der Waals surface area contributed by atoms with Crippen LogP contribution in [0.25, 0.3) is 11.0 Å². The fraction of sp³-hybridized carbons (Fsp3) is 0.758. The normalized spacial score (nSPS) is 24.3. The van der Waals surface area contributed by atoms with Gasteiger partial charge in [-0.2, -0.15) is 20.3 Å². The number of carbonyl (C=O) groups is 2. The summed E-state index contributed by atoms with van der Waals surface area (Å²) in [5.74, 6) is -1.01. The fourth-order valence-corrected chi connectivity index (χ4v) is 8.99. The first-order valence-electron chi connectivity index (χ1n) is 18.0. The number of rotatable bonds is 13. The molecule has 18 nitrogen and oxygen atoms in total. The standard InChI is InChI=1S/C33H49ClN9O9P/c1-9-47-28(44)33(53(7,8)46,16-12-15-22-38-40-41-39-22)48-18-21-23-24(51-32(5,6)50-23)27(49-21)43-26-20(17-35-43)25(36-29(34)37-26)42(19-13-10-11-14-19)30(45)52-31(2,3)4/h17,19,21,23-24,27H,9-16,18H2,1-8H3,(H,38,39,40,41)/t21-,23-,24-,27-,33?/m1/s1. The number of hydrogen-bond donors (Lipinski definition) is 1. The molecule has 3 fully saturated rings. The zero-order valence-corrected chi connectivity index (χ0v) is 33.1. The van der Waals surface area contributed by atoms with E-state index in [4.69, 9.17) is 40.0 Å². The van der Waals surface area contributed by atoms with Crippen LogP contribution in [0.1, 0.15) is 92.1 Å². The Hall–Kier alpha value is -3.28. The van der Waals surface area contributed by atoms with Crippen LogP contribution in [0.3, 0.4) is 0 Å². The van der Waals surface area contributed by atoms with Crippen molar-refractivity contribution in [3.8, 4) is 0 Å². The highest BCUT2D eigenvalue weighted by atomic mass is 35.5. The molecule has 0 bridgehead atoms. The smallest absolute Gasteiger partial charge is 0.416 e. The fourth-order valence-electron chi connectivity index (χ4n) is 7.24. The van der Waals surface area contributed by atoms with Crippen molar-refractivity contribution in [2.24, 2.45) is 0 Å².